The summed E-state index contributed by atoms with van der Waals surface area (Å²) in [6.07, 6.45) is 0. The number of rotatable bonds is 3. The highest BCUT2D eigenvalue weighted by molar-refractivity contribution is 7.19. The molecule has 0 spiro atoms. The highest BCUT2D eigenvalue weighted by Crippen LogP contribution is 2.26. The zero-order valence-corrected chi connectivity index (χ0v) is 10.5. The Kier molecular flexibility index (Phi) is 3.31. The molecular weight excluding hydrogens is 244 g/mol. The first kappa shape index (κ1) is 11.2. The van der Waals surface area contributed by atoms with E-state index in [0.29, 0.717) is 12.3 Å². The Morgan fingerprint density at radius 1 is 1.31 bits per heavy atom. The fraction of sp³-hybridized carbons (Fsp3) is 0.300. The van der Waals surface area contributed by atoms with Gasteiger partial charge in [0.25, 0.3) is 0 Å². The first-order valence-corrected chi connectivity index (χ1v) is 6.51. The van der Waals surface area contributed by atoms with Gasteiger partial charge in [-0.15, -0.1) is 22.7 Å². The van der Waals surface area contributed by atoms with Crippen LogP contribution in [0.3, 0.4) is 0 Å². The van der Waals surface area contributed by atoms with Crippen LogP contribution in [0.5, 0.6) is 0 Å². The third-order valence-electron chi connectivity index (χ3n) is 1.79. The van der Waals surface area contributed by atoms with Crippen LogP contribution in [0.15, 0.2) is 10.8 Å². The lowest BCUT2D eigenvalue weighted by Gasteiger charge is -1.95. The van der Waals surface area contributed by atoms with Gasteiger partial charge in [0.05, 0.1) is 6.61 Å². The molecule has 0 saturated heterocycles. The van der Waals surface area contributed by atoms with Gasteiger partial charge in [0.1, 0.15) is 0 Å². The first-order valence-electron chi connectivity index (χ1n) is 4.76. The van der Waals surface area contributed by atoms with Crippen LogP contribution in [0.1, 0.15) is 23.1 Å². The molecule has 0 bridgehead atoms. The van der Waals surface area contributed by atoms with Gasteiger partial charge in [-0.2, -0.15) is 0 Å². The monoisotopic (exact) mass is 254 g/mol. The second kappa shape index (κ2) is 4.71. The highest BCUT2D eigenvalue weighted by atomic mass is 32.1. The number of aryl methyl sites for hydroxylation is 1. The summed E-state index contributed by atoms with van der Waals surface area (Å²) < 4.78 is 4.87. The van der Waals surface area contributed by atoms with Crippen LogP contribution in [0, 0.1) is 6.92 Å². The summed E-state index contributed by atoms with van der Waals surface area (Å²) in [5.74, 6) is -0.377. The minimum absolute atomic E-state index is 0.356. The van der Waals surface area contributed by atoms with Gasteiger partial charge in [-0.1, -0.05) is 0 Å². The molecule has 16 heavy (non-hydrogen) atoms. The number of aromatic nitrogens is 2. The van der Waals surface area contributed by atoms with Gasteiger partial charge in [-0.3, -0.25) is 0 Å². The number of hydrogen-bond acceptors (Lipinski definition) is 6. The largest absolute Gasteiger partial charge is 0.461 e. The molecule has 0 amide bonds. The van der Waals surface area contributed by atoms with Gasteiger partial charge in [-0.25, -0.2) is 14.8 Å². The average molecular weight is 254 g/mol. The van der Waals surface area contributed by atoms with Crippen LogP contribution in [0.4, 0.5) is 0 Å². The second-order valence-electron chi connectivity index (χ2n) is 3.05. The van der Waals surface area contributed by atoms with Crippen LogP contribution in [-0.2, 0) is 4.74 Å². The van der Waals surface area contributed by atoms with Crippen molar-refractivity contribution >= 4 is 28.6 Å². The maximum atomic E-state index is 11.4. The van der Waals surface area contributed by atoms with Crippen molar-refractivity contribution in [2.45, 2.75) is 13.8 Å². The number of carbonyl (C=O) groups excluding carboxylic acids is 1. The number of hydrogen-bond donors (Lipinski definition) is 0. The van der Waals surface area contributed by atoms with Crippen molar-refractivity contribution in [3.8, 4) is 10.0 Å². The van der Waals surface area contributed by atoms with E-state index in [-0.39, 0.29) is 5.97 Å². The minimum Gasteiger partial charge on any atom is -0.461 e. The van der Waals surface area contributed by atoms with Gasteiger partial charge in [-0.05, 0) is 13.8 Å². The number of carbonyl (C=O) groups is 1. The molecule has 4 nitrogen and oxygen atoms in total. The molecule has 0 N–H and O–H groups in total. The lowest BCUT2D eigenvalue weighted by molar-refractivity contribution is 0.0520. The fourth-order valence-corrected chi connectivity index (χ4v) is 2.76. The third kappa shape index (κ3) is 2.28. The van der Waals surface area contributed by atoms with Gasteiger partial charge in [0.15, 0.2) is 15.7 Å². The van der Waals surface area contributed by atoms with Crippen LogP contribution < -0.4 is 0 Å². The zero-order valence-electron chi connectivity index (χ0n) is 8.89. The molecule has 2 aromatic rings. The molecule has 84 valence electrons. The van der Waals surface area contributed by atoms with Crippen molar-refractivity contribution < 1.29 is 9.53 Å². The molecule has 0 fully saturated rings. The normalized spacial score (nSPS) is 10.4. The van der Waals surface area contributed by atoms with E-state index in [1.807, 2.05) is 12.3 Å². The number of thiazole rings is 2. The highest BCUT2D eigenvalue weighted by Gasteiger charge is 2.14. The Balaban J connectivity index is 2.22. The minimum atomic E-state index is -0.377. The number of nitrogens with zero attached hydrogens (tertiary/aromatic N) is 2. The molecule has 0 aromatic carbocycles. The number of ether oxygens (including phenoxy) is 1. The Bertz CT molecular complexity index is 504. The van der Waals surface area contributed by atoms with Crippen LogP contribution in [-0.4, -0.2) is 22.5 Å². The summed E-state index contributed by atoms with van der Waals surface area (Å²) >= 11 is 2.93. The smallest absolute Gasteiger partial charge is 0.357 e. The van der Waals surface area contributed by atoms with E-state index < -0.39 is 0 Å². The van der Waals surface area contributed by atoms with E-state index in [2.05, 4.69) is 9.97 Å². The number of esters is 1. The van der Waals surface area contributed by atoms with E-state index in [1.54, 1.807) is 12.3 Å². The molecule has 2 aromatic heterocycles. The Morgan fingerprint density at radius 3 is 2.62 bits per heavy atom. The van der Waals surface area contributed by atoms with Gasteiger partial charge in [0, 0.05) is 16.5 Å². The zero-order chi connectivity index (χ0) is 11.5. The van der Waals surface area contributed by atoms with Crippen molar-refractivity contribution in [1.29, 1.82) is 0 Å². The molecular formula is C10H10N2O2S2. The lowest BCUT2D eigenvalue weighted by atomic mass is 10.5. The van der Waals surface area contributed by atoms with Gasteiger partial charge in [0.2, 0.25) is 0 Å². The summed E-state index contributed by atoms with van der Waals surface area (Å²) in [7, 11) is 0. The van der Waals surface area contributed by atoms with E-state index >= 15 is 0 Å². The Labute approximate surface area is 101 Å². The second-order valence-corrected chi connectivity index (χ2v) is 4.77. The van der Waals surface area contributed by atoms with Crippen LogP contribution in [0.25, 0.3) is 10.0 Å². The SMILES string of the molecule is CCOC(=O)c1csc(-c2nc(C)cs2)n1. The molecule has 2 heterocycles. The lowest BCUT2D eigenvalue weighted by Crippen LogP contribution is -2.04. The molecule has 0 radical (unpaired) electrons. The molecule has 6 heteroatoms. The van der Waals surface area contributed by atoms with Gasteiger partial charge >= 0.3 is 5.97 Å². The summed E-state index contributed by atoms with van der Waals surface area (Å²) in [6, 6.07) is 0. The predicted octanol–water partition coefficient (Wildman–Crippen LogP) is 2.75. The summed E-state index contributed by atoms with van der Waals surface area (Å²) in [5.41, 5.74) is 1.32. The van der Waals surface area contributed by atoms with Crippen molar-refractivity contribution in [1.82, 2.24) is 9.97 Å². The topological polar surface area (TPSA) is 52.1 Å². The maximum Gasteiger partial charge on any atom is 0.357 e. The van der Waals surface area contributed by atoms with Crippen molar-refractivity contribution in [2.75, 3.05) is 6.61 Å². The van der Waals surface area contributed by atoms with Gasteiger partial charge < -0.3 is 4.74 Å². The Hall–Kier alpha value is -1.27. The van der Waals surface area contributed by atoms with E-state index in [4.69, 9.17) is 4.74 Å². The van der Waals surface area contributed by atoms with Crippen molar-refractivity contribution in [2.24, 2.45) is 0 Å². The quantitative estimate of drug-likeness (QED) is 0.790. The summed E-state index contributed by atoms with van der Waals surface area (Å²) in [6.45, 7) is 4.07. The first-order chi connectivity index (χ1) is 7.70. The van der Waals surface area contributed by atoms with E-state index in [0.717, 1.165) is 15.7 Å². The molecule has 0 aliphatic rings. The summed E-state index contributed by atoms with van der Waals surface area (Å²) in [4.78, 5) is 19.9. The maximum absolute atomic E-state index is 11.4. The summed E-state index contributed by atoms with van der Waals surface area (Å²) in [5, 5.41) is 5.27. The standard InChI is InChI=1S/C10H10N2O2S2/c1-3-14-10(13)7-5-16-9(12-7)8-11-6(2)4-15-8/h4-5H,3H2,1-2H3. The molecule has 2 rings (SSSR count). The average Bonchev–Trinajstić information content (AvgIpc) is 2.85. The molecule has 0 aliphatic carbocycles. The van der Waals surface area contributed by atoms with Crippen LogP contribution in [0.2, 0.25) is 0 Å². The predicted molar refractivity (Wildman–Crippen MR) is 63.9 cm³/mol. The van der Waals surface area contributed by atoms with Crippen LogP contribution >= 0.6 is 22.7 Å². The molecule has 0 saturated carbocycles. The van der Waals surface area contributed by atoms with E-state index in [9.17, 15) is 4.79 Å². The third-order valence-corrected chi connectivity index (χ3v) is 3.74. The fourth-order valence-electron chi connectivity index (χ4n) is 1.12. The molecule has 0 aliphatic heterocycles. The molecule has 0 atom stereocenters. The van der Waals surface area contributed by atoms with Crippen molar-refractivity contribution in [3.63, 3.8) is 0 Å². The Morgan fingerprint density at radius 2 is 2.00 bits per heavy atom. The van der Waals surface area contributed by atoms with Crippen molar-refractivity contribution in [3.05, 3.63) is 22.1 Å². The molecule has 0 unspecified atom stereocenters. The van der Waals surface area contributed by atoms with E-state index in [1.165, 1.54) is 22.7 Å².